The molecule has 3 rings (SSSR count). The van der Waals surface area contributed by atoms with Gasteiger partial charge in [0.15, 0.2) is 0 Å². The fourth-order valence-electron chi connectivity index (χ4n) is 3.83. The molecule has 3 nitrogen and oxygen atoms in total. The van der Waals surface area contributed by atoms with Gasteiger partial charge in [-0.3, -0.25) is 0 Å². The quantitative estimate of drug-likeness (QED) is 0.670. The van der Waals surface area contributed by atoms with Gasteiger partial charge in [0, 0.05) is 12.6 Å². The second-order valence-electron chi connectivity index (χ2n) is 7.38. The molecular weight excluding hydrogens is 341 g/mol. The van der Waals surface area contributed by atoms with Crippen molar-refractivity contribution in [3.05, 3.63) is 59.4 Å². The van der Waals surface area contributed by atoms with Crippen LogP contribution in [0, 0.1) is 11.7 Å². The van der Waals surface area contributed by atoms with Gasteiger partial charge in [-0.1, -0.05) is 18.2 Å². The number of halogens is 1. The highest BCUT2D eigenvalue weighted by Crippen LogP contribution is 2.25. The summed E-state index contributed by atoms with van der Waals surface area (Å²) in [7, 11) is 3.28. The smallest absolute Gasteiger partial charge is 0.130 e. The van der Waals surface area contributed by atoms with Gasteiger partial charge < -0.3 is 14.4 Å². The van der Waals surface area contributed by atoms with Crippen molar-refractivity contribution in [1.82, 2.24) is 4.90 Å². The van der Waals surface area contributed by atoms with Gasteiger partial charge in [-0.25, -0.2) is 4.39 Å². The molecule has 4 heteroatoms. The first-order valence-corrected chi connectivity index (χ1v) is 9.85. The van der Waals surface area contributed by atoms with E-state index in [-0.39, 0.29) is 5.82 Å². The maximum absolute atomic E-state index is 14.1. The van der Waals surface area contributed by atoms with Crippen LogP contribution >= 0.6 is 0 Å². The molecule has 1 aliphatic heterocycles. The summed E-state index contributed by atoms with van der Waals surface area (Å²) in [5.74, 6) is 2.06. The average molecular weight is 371 g/mol. The molecule has 146 valence electrons. The first kappa shape index (κ1) is 19.7. The SMILES string of the molecule is COc1cccc(CCN2CCC(CCc3ccc(OC)cc3F)CC2)c1. The number of ether oxygens (including phenoxy) is 2. The summed E-state index contributed by atoms with van der Waals surface area (Å²) in [6.07, 6.45) is 5.34. The Hall–Kier alpha value is -2.07. The van der Waals surface area contributed by atoms with Crippen LogP contribution in [0.5, 0.6) is 11.5 Å². The maximum Gasteiger partial charge on any atom is 0.130 e. The molecule has 0 aromatic heterocycles. The molecule has 0 amide bonds. The van der Waals surface area contributed by atoms with Crippen molar-refractivity contribution in [3.63, 3.8) is 0 Å². The van der Waals surface area contributed by atoms with Crippen molar-refractivity contribution in [2.75, 3.05) is 33.9 Å². The van der Waals surface area contributed by atoms with Gasteiger partial charge in [0.25, 0.3) is 0 Å². The lowest BCUT2D eigenvalue weighted by atomic mass is 9.90. The number of hydrogen-bond acceptors (Lipinski definition) is 3. The number of nitrogens with zero attached hydrogens (tertiary/aromatic N) is 1. The zero-order chi connectivity index (χ0) is 19.1. The van der Waals surface area contributed by atoms with Crippen molar-refractivity contribution < 1.29 is 13.9 Å². The number of aryl methyl sites for hydroxylation is 1. The van der Waals surface area contributed by atoms with Crippen LogP contribution in [0.4, 0.5) is 4.39 Å². The zero-order valence-electron chi connectivity index (χ0n) is 16.4. The number of benzene rings is 2. The zero-order valence-corrected chi connectivity index (χ0v) is 16.4. The summed E-state index contributed by atoms with van der Waals surface area (Å²) in [5, 5.41) is 0. The Kier molecular flexibility index (Phi) is 7.11. The van der Waals surface area contributed by atoms with Crippen LogP contribution in [0.15, 0.2) is 42.5 Å². The van der Waals surface area contributed by atoms with E-state index in [2.05, 4.69) is 23.1 Å². The van der Waals surface area contributed by atoms with E-state index in [0.29, 0.717) is 11.7 Å². The summed E-state index contributed by atoms with van der Waals surface area (Å²) < 4.78 is 24.4. The first-order chi connectivity index (χ1) is 13.2. The largest absolute Gasteiger partial charge is 0.497 e. The number of piperidine rings is 1. The molecule has 1 saturated heterocycles. The van der Waals surface area contributed by atoms with Gasteiger partial charge in [0.2, 0.25) is 0 Å². The number of methoxy groups -OCH3 is 2. The van der Waals surface area contributed by atoms with Gasteiger partial charge in [0.05, 0.1) is 14.2 Å². The van der Waals surface area contributed by atoms with Crippen LogP contribution in [-0.2, 0) is 12.8 Å². The summed E-state index contributed by atoms with van der Waals surface area (Å²) in [4.78, 5) is 2.55. The molecule has 0 N–H and O–H groups in total. The molecule has 2 aromatic rings. The normalized spacial score (nSPS) is 15.7. The standard InChI is InChI=1S/C23H30FNO2/c1-26-21-5-3-4-19(16-21)12-15-25-13-10-18(11-14-25)6-7-20-8-9-22(27-2)17-23(20)24/h3-5,8-9,16-18H,6-7,10-15H2,1-2H3. The fraction of sp³-hybridized carbons (Fsp3) is 0.478. The van der Waals surface area contributed by atoms with Gasteiger partial charge in [-0.05, 0) is 80.4 Å². The molecule has 0 saturated carbocycles. The Balaban J connectivity index is 1.40. The molecule has 0 aliphatic carbocycles. The Labute approximate surface area is 162 Å². The second kappa shape index (κ2) is 9.75. The van der Waals surface area contributed by atoms with Crippen LogP contribution in [0.1, 0.15) is 30.4 Å². The third-order valence-electron chi connectivity index (χ3n) is 5.64. The van der Waals surface area contributed by atoms with Gasteiger partial charge >= 0.3 is 0 Å². The predicted molar refractivity (Wildman–Crippen MR) is 107 cm³/mol. The van der Waals surface area contributed by atoms with Crippen molar-refractivity contribution >= 4 is 0 Å². The Morgan fingerprint density at radius 2 is 1.70 bits per heavy atom. The highest BCUT2D eigenvalue weighted by atomic mass is 19.1. The van der Waals surface area contributed by atoms with E-state index in [1.807, 2.05) is 18.2 Å². The van der Waals surface area contributed by atoms with Crippen molar-refractivity contribution in [3.8, 4) is 11.5 Å². The van der Waals surface area contributed by atoms with E-state index >= 15 is 0 Å². The topological polar surface area (TPSA) is 21.7 Å². The highest BCUT2D eigenvalue weighted by Gasteiger charge is 2.19. The third-order valence-corrected chi connectivity index (χ3v) is 5.64. The van der Waals surface area contributed by atoms with E-state index in [4.69, 9.17) is 9.47 Å². The first-order valence-electron chi connectivity index (χ1n) is 9.85. The monoisotopic (exact) mass is 371 g/mol. The number of hydrogen-bond donors (Lipinski definition) is 0. The van der Waals surface area contributed by atoms with Crippen LogP contribution < -0.4 is 9.47 Å². The Morgan fingerprint density at radius 3 is 2.41 bits per heavy atom. The minimum atomic E-state index is -0.148. The molecule has 1 aliphatic rings. The summed E-state index contributed by atoms with van der Waals surface area (Å²) in [5.41, 5.74) is 2.13. The minimum Gasteiger partial charge on any atom is -0.497 e. The van der Waals surface area contributed by atoms with Crippen LogP contribution in [0.25, 0.3) is 0 Å². The minimum absolute atomic E-state index is 0.148. The molecule has 1 heterocycles. The maximum atomic E-state index is 14.1. The highest BCUT2D eigenvalue weighted by molar-refractivity contribution is 5.29. The summed E-state index contributed by atoms with van der Waals surface area (Å²) in [6, 6.07) is 13.5. The second-order valence-corrected chi connectivity index (χ2v) is 7.38. The number of likely N-dealkylation sites (tertiary alicyclic amines) is 1. The van der Waals surface area contributed by atoms with E-state index in [1.54, 1.807) is 14.2 Å². The van der Waals surface area contributed by atoms with E-state index in [1.165, 1.54) is 24.5 Å². The van der Waals surface area contributed by atoms with Gasteiger partial charge in [0.1, 0.15) is 17.3 Å². The number of rotatable bonds is 8. The molecule has 2 aromatic carbocycles. The average Bonchev–Trinajstić information content (AvgIpc) is 2.72. The molecule has 1 fully saturated rings. The van der Waals surface area contributed by atoms with E-state index in [9.17, 15) is 4.39 Å². The molecule has 27 heavy (non-hydrogen) atoms. The van der Waals surface area contributed by atoms with Gasteiger partial charge in [-0.15, -0.1) is 0 Å². The lowest BCUT2D eigenvalue weighted by Gasteiger charge is -2.32. The lowest BCUT2D eigenvalue weighted by Crippen LogP contribution is -2.35. The summed E-state index contributed by atoms with van der Waals surface area (Å²) in [6.45, 7) is 3.37. The summed E-state index contributed by atoms with van der Waals surface area (Å²) >= 11 is 0. The van der Waals surface area contributed by atoms with Crippen LogP contribution in [-0.4, -0.2) is 38.8 Å². The molecule has 0 unspecified atom stereocenters. The van der Waals surface area contributed by atoms with E-state index in [0.717, 1.165) is 50.2 Å². The fourth-order valence-corrected chi connectivity index (χ4v) is 3.83. The van der Waals surface area contributed by atoms with Crippen molar-refractivity contribution in [2.45, 2.75) is 32.1 Å². The lowest BCUT2D eigenvalue weighted by molar-refractivity contribution is 0.181. The Bertz CT molecular complexity index is 726. The van der Waals surface area contributed by atoms with Crippen LogP contribution in [0.2, 0.25) is 0 Å². The Morgan fingerprint density at radius 1 is 0.963 bits per heavy atom. The van der Waals surface area contributed by atoms with Crippen LogP contribution in [0.3, 0.4) is 0 Å². The molecule has 0 radical (unpaired) electrons. The van der Waals surface area contributed by atoms with Crippen molar-refractivity contribution in [2.24, 2.45) is 5.92 Å². The molecule has 0 bridgehead atoms. The molecule has 0 spiro atoms. The van der Waals surface area contributed by atoms with E-state index < -0.39 is 0 Å². The molecule has 0 atom stereocenters. The van der Waals surface area contributed by atoms with Crippen molar-refractivity contribution in [1.29, 1.82) is 0 Å². The third kappa shape index (κ3) is 5.70. The molecular formula is C23H30FNO2. The van der Waals surface area contributed by atoms with Gasteiger partial charge in [-0.2, -0.15) is 0 Å². The predicted octanol–water partition coefficient (Wildman–Crippen LogP) is 4.73.